The maximum absolute atomic E-state index is 14.2. The van der Waals surface area contributed by atoms with Gasteiger partial charge in [0, 0.05) is 5.38 Å². The van der Waals surface area contributed by atoms with Gasteiger partial charge in [-0.2, -0.15) is 4.68 Å². The minimum atomic E-state index is -0.571. The van der Waals surface area contributed by atoms with E-state index in [1.807, 2.05) is 6.07 Å². The van der Waals surface area contributed by atoms with Crippen LogP contribution in [0.5, 0.6) is 0 Å². The Hall–Kier alpha value is -2.69. The zero-order valence-corrected chi connectivity index (χ0v) is 16.1. The Morgan fingerprint density at radius 1 is 1.30 bits per heavy atom. The molecule has 1 aromatic carbocycles. The third-order valence-electron chi connectivity index (χ3n) is 3.59. The van der Waals surface area contributed by atoms with E-state index in [1.54, 1.807) is 18.4 Å². The third kappa shape index (κ3) is 3.59. The maximum Gasteiger partial charge on any atom is 0.275 e. The van der Waals surface area contributed by atoms with E-state index < -0.39 is 11.7 Å². The number of hydrogen-bond donors (Lipinski definition) is 1. The number of aryl methyl sites for hydroxylation is 1. The number of tetrazole rings is 1. The molecule has 0 radical (unpaired) electrons. The maximum atomic E-state index is 14.2. The molecule has 0 bridgehead atoms. The van der Waals surface area contributed by atoms with Crippen molar-refractivity contribution in [2.75, 3.05) is 5.32 Å². The summed E-state index contributed by atoms with van der Waals surface area (Å²) in [5.41, 5.74) is 0.741. The van der Waals surface area contributed by atoms with Gasteiger partial charge >= 0.3 is 0 Å². The molecule has 11 heteroatoms. The molecule has 4 rings (SSSR count). The summed E-state index contributed by atoms with van der Waals surface area (Å²) in [5.74, 6) is -0.541. The Labute approximate surface area is 165 Å². The SMILES string of the molecule is Cc1nnnn1-c1ccc(F)c(NC(=O)c2csc(-c3ccc(Cl)s3)n2)c1. The Morgan fingerprint density at radius 3 is 2.85 bits per heavy atom. The van der Waals surface area contributed by atoms with Crippen molar-refractivity contribution in [3.05, 3.63) is 57.4 Å². The number of anilines is 1. The van der Waals surface area contributed by atoms with Gasteiger partial charge in [-0.25, -0.2) is 9.37 Å². The fourth-order valence-electron chi connectivity index (χ4n) is 2.32. The van der Waals surface area contributed by atoms with Crippen LogP contribution in [-0.2, 0) is 0 Å². The van der Waals surface area contributed by atoms with E-state index in [2.05, 4.69) is 25.8 Å². The fraction of sp³-hybridized carbons (Fsp3) is 0.0625. The van der Waals surface area contributed by atoms with Gasteiger partial charge in [0.05, 0.1) is 20.6 Å². The van der Waals surface area contributed by atoms with Crippen LogP contribution in [0.2, 0.25) is 4.34 Å². The van der Waals surface area contributed by atoms with Crippen molar-refractivity contribution in [3.63, 3.8) is 0 Å². The van der Waals surface area contributed by atoms with E-state index in [1.165, 1.54) is 45.6 Å². The van der Waals surface area contributed by atoms with Crippen LogP contribution in [0.4, 0.5) is 10.1 Å². The van der Waals surface area contributed by atoms with E-state index in [0.29, 0.717) is 20.9 Å². The second-order valence-electron chi connectivity index (χ2n) is 5.40. The predicted molar refractivity (Wildman–Crippen MR) is 102 cm³/mol. The second kappa shape index (κ2) is 7.14. The summed E-state index contributed by atoms with van der Waals surface area (Å²) in [4.78, 5) is 17.6. The summed E-state index contributed by atoms with van der Waals surface area (Å²) in [6.45, 7) is 1.72. The van der Waals surface area contributed by atoms with Crippen LogP contribution in [0.1, 0.15) is 16.3 Å². The summed E-state index contributed by atoms with van der Waals surface area (Å²) in [7, 11) is 0. The first kappa shape index (κ1) is 17.7. The number of amides is 1. The van der Waals surface area contributed by atoms with E-state index in [-0.39, 0.29) is 11.4 Å². The van der Waals surface area contributed by atoms with Crippen molar-refractivity contribution in [2.24, 2.45) is 0 Å². The predicted octanol–water partition coefficient (Wildman–Crippen LogP) is 4.20. The smallest absolute Gasteiger partial charge is 0.275 e. The number of carbonyl (C=O) groups is 1. The molecule has 3 heterocycles. The Morgan fingerprint density at radius 2 is 2.15 bits per heavy atom. The molecule has 4 aromatic rings. The summed E-state index contributed by atoms with van der Waals surface area (Å²) >= 11 is 8.62. The zero-order valence-electron chi connectivity index (χ0n) is 13.7. The monoisotopic (exact) mass is 420 g/mol. The Balaban J connectivity index is 1.58. The minimum absolute atomic E-state index is 0.0149. The highest BCUT2D eigenvalue weighted by Crippen LogP contribution is 2.33. The fourth-order valence-corrected chi connectivity index (χ4v) is 4.23. The number of hydrogen-bond acceptors (Lipinski definition) is 7. The molecule has 0 spiro atoms. The first-order valence-electron chi connectivity index (χ1n) is 7.59. The lowest BCUT2D eigenvalue weighted by molar-refractivity contribution is 0.102. The molecule has 1 N–H and O–H groups in total. The van der Waals surface area contributed by atoms with Gasteiger partial charge in [0.2, 0.25) is 0 Å². The van der Waals surface area contributed by atoms with E-state index in [9.17, 15) is 9.18 Å². The van der Waals surface area contributed by atoms with Gasteiger partial charge in [-0.3, -0.25) is 4.79 Å². The van der Waals surface area contributed by atoms with Gasteiger partial charge in [-0.05, 0) is 47.7 Å². The van der Waals surface area contributed by atoms with E-state index in [4.69, 9.17) is 11.6 Å². The van der Waals surface area contributed by atoms with Crippen molar-refractivity contribution >= 4 is 45.9 Å². The van der Waals surface area contributed by atoms with Crippen LogP contribution < -0.4 is 5.32 Å². The molecule has 0 fully saturated rings. The number of nitrogens with one attached hydrogen (secondary N) is 1. The number of aromatic nitrogens is 5. The number of benzene rings is 1. The number of nitrogens with zero attached hydrogens (tertiary/aromatic N) is 5. The molecule has 27 heavy (non-hydrogen) atoms. The molecular weight excluding hydrogens is 411 g/mol. The van der Waals surface area contributed by atoms with Crippen molar-refractivity contribution in [1.82, 2.24) is 25.2 Å². The van der Waals surface area contributed by atoms with Gasteiger partial charge in [0.25, 0.3) is 5.91 Å². The summed E-state index contributed by atoms with van der Waals surface area (Å²) in [6.07, 6.45) is 0. The number of rotatable bonds is 4. The largest absolute Gasteiger partial charge is 0.318 e. The average Bonchev–Trinajstić information content (AvgIpc) is 3.37. The molecule has 0 aliphatic rings. The Kier molecular flexibility index (Phi) is 4.68. The van der Waals surface area contributed by atoms with Crippen LogP contribution in [0, 0.1) is 12.7 Å². The van der Waals surface area contributed by atoms with Crippen LogP contribution in [0.15, 0.2) is 35.7 Å². The van der Waals surface area contributed by atoms with Crippen molar-refractivity contribution < 1.29 is 9.18 Å². The average molecular weight is 421 g/mol. The van der Waals surface area contributed by atoms with Gasteiger partial charge in [-0.1, -0.05) is 11.6 Å². The summed E-state index contributed by atoms with van der Waals surface area (Å²) in [5, 5.41) is 16.0. The normalized spacial score (nSPS) is 10.9. The molecule has 136 valence electrons. The lowest BCUT2D eigenvalue weighted by atomic mass is 10.2. The van der Waals surface area contributed by atoms with Crippen molar-refractivity contribution in [1.29, 1.82) is 0 Å². The minimum Gasteiger partial charge on any atom is -0.318 e. The number of carbonyl (C=O) groups excluding carboxylic acids is 1. The molecule has 0 atom stereocenters. The topological polar surface area (TPSA) is 85.6 Å². The van der Waals surface area contributed by atoms with Crippen molar-refractivity contribution in [3.8, 4) is 15.6 Å². The molecule has 0 saturated heterocycles. The standard InChI is InChI=1S/C16H10ClFN6OS2/c1-8-21-22-23-24(8)9-2-3-10(18)11(6-9)19-15(25)12-7-26-16(20-12)13-4-5-14(17)27-13/h2-7H,1H3,(H,19,25). The third-order valence-corrected chi connectivity index (χ3v) is 5.83. The molecule has 0 aliphatic carbocycles. The van der Waals surface area contributed by atoms with E-state index >= 15 is 0 Å². The first-order chi connectivity index (χ1) is 13.0. The number of thiazole rings is 1. The number of thiophene rings is 1. The van der Waals surface area contributed by atoms with Crippen LogP contribution in [-0.4, -0.2) is 31.1 Å². The molecule has 3 aromatic heterocycles. The molecule has 0 unspecified atom stereocenters. The lowest BCUT2D eigenvalue weighted by Gasteiger charge is -2.08. The van der Waals surface area contributed by atoms with Gasteiger partial charge in [-0.15, -0.1) is 27.8 Å². The molecule has 1 amide bonds. The highest BCUT2D eigenvalue weighted by Gasteiger charge is 2.16. The van der Waals surface area contributed by atoms with Crippen molar-refractivity contribution in [2.45, 2.75) is 6.92 Å². The quantitative estimate of drug-likeness (QED) is 0.534. The van der Waals surface area contributed by atoms with Crippen LogP contribution in [0.3, 0.4) is 0 Å². The molecule has 7 nitrogen and oxygen atoms in total. The highest BCUT2D eigenvalue weighted by atomic mass is 35.5. The summed E-state index contributed by atoms with van der Waals surface area (Å²) in [6, 6.07) is 7.83. The summed E-state index contributed by atoms with van der Waals surface area (Å²) < 4.78 is 16.2. The van der Waals surface area contributed by atoms with Crippen LogP contribution in [0.25, 0.3) is 15.6 Å². The van der Waals surface area contributed by atoms with Gasteiger partial charge in [0.1, 0.15) is 16.5 Å². The highest BCUT2D eigenvalue weighted by molar-refractivity contribution is 7.23. The van der Waals surface area contributed by atoms with Gasteiger partial charge < -0.3 is 5.32 Å². The Bertz CT molecular complexity index is 1140. The lowest BCUT2D eigenvalue weighted by Crippen LogP contribution is -2.14. The zero-order chi connectivity index (χ0) is 19.0. The number of halogens is 2. The molecule has 0 saturated carbocycles. The van der Waals surface area contributed by atoms with Crippen LogP contribution >= 0.6 is 34.3 Å². The molecule has 0 aliphatic heterocycles. The second-order valence-corrected chi connectivity index (χ2v) is 7.97. The van der Waals surface area contributed by atoms with Gasteiger partial charge in [0.15, 0.2) is 5.82 Å². The van der Waals surface area contributed by atoms with E-state index in [0.717, 1.165) is 4.88 Å². The first-order valence-corrected chi connectivity index (χ1v) is 9.66. The molecular formula is C16H10ClFN6OS2.